The molecule has 0 atom stereocenters. The molecule has 0 aliphatic heterocycles. The number of rotatable bonds is 5. The van der Waals surface area contributed by atoms with Gasteiger partial charge in [0.05, 0.1) is 0 Å². The number of para-hydroxylation sites is 1. The Morgan fingerprint density at radius 1 is 1.00 bits per heavy atom. The lowest BCUT2D eigenvalue weighted by Gasteiger charge is -2.23. The highest BCUT2D eigenvalue weighted by atomic mass is 35.5. The molecule has 1 heterocycles. The number of nitrogens with one attached hydrogen (secondary N) is 1. The van der Waals surface area contributed by atoms with Gasteiger partial charge in [-0.1, -0.05) is 29.8 Å². The molecule has 3 rings (SSSR count). The monoisotopic (exact) mass is 338 g/mol. The summed E-state index contributed by atoms with van der Waals surface area (Å²) >= 11 is 5.93. The SMILES string of the molecule is CCN(c1ccccc1)c1cc(C)nc(Nc2ccc(Cl)cc2)n1. The van der Waals surface area contributed by atoms with E-state index in [1.165, 1.54) is 0 Å². The molecule has 122 valence electrons. The minimum Gasteiger partial charge on any atom is -0.326 e. The molecule has 1 N–H and O–H groups in total. The van der Waals surface area contributed by atoms with Gasteiger partial charge in [-0.25, -0.2) is 4.98 Å². The second-order valence-electron chi connectivity index (χ2n) is 5.40. The minimum absolute atomic E-state index is 0.571. The molecule has 24 heavy (non-hydrogen) atoms. The maximum Gasteiger partial charge on any atom is 0.229 e. The van der Waals surface area contributed by atoms with Crippen LogP contribution in [0.25, 0.3) is 0 Å². The van der Waals surface area contributed by atoms with Crippen molar-refractivity contribution >= 4 is 34.7 Å². The Labute approximate surface area is 147 Å². The van der Waals surface area contributed by atoms with Crippen LogP contribution < -0.4 is 10.2 Å². The number of hydrogen-bond donors (Lipinski definition) is 1. The van der Waals surface area contributed by atoms with Crippen LogP contribution in [-0.2, 0) is 0 Å². The third-order valence-electron chi connectivity index (χ3n) is 3.60. The highest BCUT2D eigenvalue weighted by molar-refractivity contribution is 6.30. The zero-order valence-electron chi connectivity index (χ0n) is 13.7. The van der Waals surface area contributed by atoms with Crippen LogP contribution in [-0.4, -0.2) is 16.5 Å². The van der Waals surface area contributed by atoms with Gasteiger partial charge in [0.25, 0.3) is 0 Å². The van der Waals surface area contributed by atoms with Gasteiger partial charge in [0, 0.05) is 34.7 Å². The molecular formula is C19H19ClN4. The zero-order valence-corrected chi connectivity index (χ0v) is 14.5. The highest BCUT2D eigenvalue weighted by Gasteiger charge is 2.11. The van der Waals surface area contributed by atoms with E-state index in [4.69, 9.17) is 11.6 Å². The van der Waals surface area contributed by atoms with Crippen LogP contribution in [0.15, 0.2) is 60.7 Å². The van der Waals surface area contributed by atoms with Gasteiger partial charge in [-0.15, -0.1) is 0 Å². The second-order valence-corrected chi connectivity index (χ2v) is 5.84. The third kappa shape index (κ3) is 3.84. The van der Waals surface area contributed by atoms with Crippen molar-refractivity contribution in [1.82, 2.24) is 9.97 Å². The Bertz CT molecular complexity index is 803. The normalized spacial score (nSPS) is 10.5. The predicted octanol–water partition coefficient (Wildman–Crippen LogP) is 5.34. The maximum atomic E-state index is 5.93. The van der Waals surface area contributed by atoms with Gasteiger partial charge in [-0.2, -0.15) is 4.98 Å². The molecule has 0 aliphatic rings. The molecule has 0 bridgehead atoms. The highest BCUT2D eigenvalue weighted by Crippen LogP contribution is 2.25. The van der Waals surface area contributed by atoms with Gasteiger partial charge in [0.15, 0.2) is 0 Å². The van der Waals surface area contributed by atoms with Crippen molar-refractivity contribution in [3.05, 3.63) is 71.4 Å². The lowest BCUT2D eigenvalue weighted by molar-refractivity contribution is 0.969. The Morgan fingerprint density at radius 2 is 1.71 bits per heavy atom. The molecule has 0 unspecified atom stereocenters. The van der Waals surface area contributed by atoms with Crippen LogP contribution in [0.1, 0.15) is 12.6 Å². The van der Waals surface area contributed by atoms with Crippen molar-refractivity contribution in [3.63, 3.8) is 0 Å². The summed E-state index contributed by atoms with van der Waals surface area (Å²) < 4.78 is 0. The first-order valence-corrected chi connectivity index (χ1v) is 8.24. The van der Waals surface area contributed by atoms with Crippen molar-refractivity contribution in [2.75, 3.05) is 16.8 Å². The first-order chi connectivity index (χ1) is 11.7. The standard InChI is InChI=1S/C19H19ClN4/c1-3-24(17-7-5-4-6-8-17)18-13-14(2)21-19(23-18)22-16-11-9-15(20)10-12-16/h4-13H,3H2,1-2H3,(H,21,22,23). The van der Waals surface area contributed by atoms with Gasteiger partial charge in [0.2, 0.25) is 5.95 Å². The quantitative estimate of drug-likeness (QED) is 0.681. The second kappa shape index (κ2) is 7.32. The number of nitrogens with zero attached hydrogens (tertiary/aromatic N) is 3. The average molecular weight is 339 g/mol. The number of aromatic nitrogens is 2. The Morgan fingerprint density at radius 3 is 2.38 bits per heavy atom. The summed E-state index contributed by atoms with van der Waals surface area (Å²) in [6, 6.07) is 19.7. The predicted molar refractivity (Wildman–Crippen MR) is 101 cm³/mol. The summed E-state index contributed by atoms with van der Waals surface area (Å²) in [4.78, 5) is 11.3. The number of anilines is 4. The number of halogens is 1. The first kappa shape index (κ1) is 16.3. The van der Waals surface area contributed by atoms with E-state index in [0.717, 1.165) is 29.4 Å². The zero-order chi connectivity index (χ0) is 16.9. The van der Waals surface area contributed by atoms with E-state index in [2.05, 4.69) is 39.2 Å². The van der Waals surface area contributed by atoms with E-state index in [-0.39, 0.29) is 0 Å². The van der Waals surface area contributed by atoms with Crippen molar-refractivity contribution in [2.24, 2.45) is 0 Å². The van der Waals surface area contributed by atoms with Gasteiger partial charge in [-0.05, 0) is 50.2 Å². The maximum absolute atomic E-state index is 5.93. The molecule has 1 aromatic heterocycles. The van der Waals surface area contributed by atoms with E-state index in [1.54, 1.807) is 0 Å². The lowest BCUT2D eigenvalue weighted by Crippen LogP contribution is -2.18. The van der Waals surface area contributed by atoms with E-state index in [9.17, 15) is 0 Å². The largest absolute Gasteiger partial charge is 0.326 e. The van der Waals surface area contributed by atoms with Crippen LogP contribution in [0.4, 0.5) is 23.1 Å². The average Bonchev–Trinajstić information content (AvgIpc) is 2.58. The summed E-state index contributed by atoms with van der Waals surface area (Å²) in [5.74, 6) is 1.44. The fourth-order valence-electron chi connectivity index (χ4n) is 2.49. The fraction of sp³-hybridized carbons (Fsp3) is 0.158. The Kier molecular flexibility index (Phi) is 4.96. The Hall–Kier alpha value is -2.59. The number of aryl methyl sites for hydroxylation is 1. The van der Waals surface area contributed by atoms with E-state index >= 15 is 0 Å². The smallest absolute Gasteiger partial charge is 0.229 e. The van der Waals surface area contributed by atoms with Gasteiger partial charge in [0.1, 0.15) is 5.82 Å². The van der Waals surface area contributed by atoms with Crippen LogP contribution in [0, 0.1) is 6.92 Å². The molecule has 3 aromatic rings. The van der Waals surface area contributed by atoms with E-state index < -0.39 is 0 Å². The van der Waals surface area contributed by atoms with Gasteiger partial charge in [-0.3, -0.25) is 0 Å². The molecule has 0 radical (unpaired) electrons. The number of benzene rings is 2. The molecule has 0 spiro atoms. The van der Waals surface area contributed by atoms with Crippen molar-refractivity contribution in [2.45, 2.75) is 13.8 Å². The van der Waals surface area contributed by atoms with Crippen LogP contribution in [0.3, 0.4) is 0 Å². The topological polar surface area (TPSA) is 41.1 Å². The van der Waals surface area contributed by atoms with Gasteiger partial charge >= 0.3 is 0 Å². The van der Waals surface area contributed by atoms with Gasteiger partial charge < -0.3 is 10.2 Å². The summed E-state index contributed by atoms with van der Waals surface area (Å²) in [6.45, 7) is 4.90. The summed E-state index contributed by atoms with van der Waals surface area (Å²) in [7, 11) is 0. The van der Waals surface area contributed by atoms with Crippen molar-refractivity contribution in [1.29, 1.82) is 0 Å². The molecule has 0 saturated heterocycles. The third-order valence-corrected chi connectivity index (χ3v) is 3.85. The Balaban J connectivity index is 1.92. The fourth-order valence-corrected chi connectivity index (χ4v) is 2.62. The van der Waals surface area contributed by atoms with E-state index in [0.29, 0.717) is 11.0 Å². The molecule has 0 saturated carbocycles. The van der Waals surface area contributed by atoms with Crippen molar-refractivity contribution in [3.8, 4) is 0 Å². The lowest BCUT2D eigenvalue weighted by atomic mass is 10.2. The summed E-state index contributed by atoms with van der Waals surface area (Å²) in [6.07, 6.45) is 0. The molecule has 0 amide bonds. The molecular weight excluding hydrogens is 320 g/mol. The minimum atomic E-state index is 0.571. The van der Waals surface area contributed by atoms with Crippen LogP contribution in [0.5, 0.6) is 0 Å². The molecule has 0 fully saturated rings. The van der Waals surface area contributed by atoms with Crippen LogP contribution in [0.2, 0.25) is 5.02 Å². The summed E-state index contributed by atoms with van der Waals surface area (Å²) in [5, 5.41) is 3.94. The molecule has 4 nitrogen and oxygen atoms in total. The number of hydrogen-bond acceptors (Lipinski definition) is 4. The molecule has 5 heteroatoms. The first-order valence-electron chi connectivity index (χ1n) is 7.86. The summed E-state index contributed by atoms with van der Waals surface area (Å²) in [5.41, 5.74) is 2.92. The molecule has 0 aliphatic carbocycles. The van der Waals surface area contributed by atoms with Crippen LogP contribution >= 0.6 is 11.6 Å². The van der Waals surface area contributed by atoms with Crippen molar-refractivity contribution < 1.29 is 0 Å². The molecule has 2 aromatic carbocycles. The van der Waals surface area contributed by atoms with E-state index in [1.807, 2.05) is 55.5 Å².